The molecular weight excluding hydrogens is 610 g/mol. The first-order chi connectivity index (χ1) is 22.4. The van der Waals surface area contributed by atoms with Crippen molar-refractivity contribution >= 4 is 38.1 Å². The number of thiophene rings is 1. The summed E-state index contributed by atoms with van der Waals surface area (Å²) in [5, 5.41) is 17.5. The Hall–Kier alpha value is -5.07. The van der Waals surface area contributed by atoms with Crippen LogP contribution in [0.4, 0.5) is 8.78 Å². The molecule has 1 aliphatic rings. The average Bonchev–Trinajstić information content (AvgIpc) is 3.73. The maximum absolute atomic E-state index is 16.0. The number of aromatic nitrogens is 5. The van der Waals surface area contributed by atoms with Gasteiger partial charge in [0.1, 0.15) is 35.4 Å². The highest BCUT2D eigenvalue weighted by Gasteiger charge is 2.31. The molecule has 232 valence electrons. The zero-order valence-electron chi connectivity index (χ0n) is 25.0. The summed E-state index contributed by atoms with van der Waals surface area (Å²) in [5.41, 5.74) is 3.70. The van der Waals surface area contributed by atoms with Crippen LogP contribution in [0.5, 0.6) is 5.75 Å². The normalized spacial score (nSPS) is 14.5. The molecule has 0 radical (unpaired) electrons. The summed E-state index contributed by atoms with van der Waals surface area (Å²) in [6, 6.07) is 11.5. The number of nitrogens with zero attached hydrogens (tertiary/aromatic N) is 6. The smallest absolute Gasteiger partial charge is 0.246 e. The number of halogens is 2. The average molecular weight is 639 g/mol. The van der Waals surface area contributed by atoms with Crippen molar-refractivity contribution in [2.75, 3.05) is 26.9 Å². The summed E-state index contributed by atoms with van der Waals surface area (Å²) >= 11 is 1.42. The van der Waals surface area contributed by atoms with Crippen LogP contribution in [-0.4, -0.2) is 62.6 Å². The van der Waals surface area contributed by atoms with Crippen LogP contribution in [-0.2, 0) is 16.1 Å². The summed E-state index contributed by atoms with van der Waals surface area (Å²) in [7, 11) is 1.52. The molecule has 0 saturated heterocycles. The van der Waals surface area contributed by atoms with Gasteiger partial charge in [-0.25, -0.2) is 13.8 Å². The molecule has 46 heavy (non-hydrogen) atoms. The van der Waals surface area contributed by atoms with Crippen molar-refractivity contribution in [2.45, 2.75) is 19.5 Å². The van der Waals surface area contributed by atoms with Crippen LogP contribution in [0.25, 0.3) is 54.6 Å². The van der Waals surface area contributed by atoms with E-state index < -0.39 is 11.6 Å². The molecule has 0 N–H and O–H groups in total. The molecule has 4 aromatic heterocycles. The minimum absolute atomic E-state index is 0.0319. The Morgan fingerprint density at radius 2 is 1.87 bits per heavy atom. The van der Waals surface area contributed by atoms with Gasteiger partial charge in [-0.3, -0.25) is 9.48 Å². The third kappa shape index (κ3) is 5.09. The van der Waals surface area contributed by atoms with E-state index in [9.17, 15) is 9.18 Å². The van der Waals surface area contributed by atoms with E-state index in [-0.39, 0.29) is 36.5 Å². The van der Waals surface area contributed by atoms with Gasteiger partial charge >= 0.3 is 0 Å². The second kappa shape index (κ2) is 12.0. The van der Waals surface area contributed by atoms with E-state index in [1.807, 2.05) is 47.3 Å². The van der Waals surface area contributed by atoms with Gasteiger partial charge in [-0.05, 0) is 36.6 Å². The highest BCUT2D eigenvalue weighted by molar-refractivity contribution is 7.18. The number of hydrogen-bond acceptors (Lipinski definition) is 8. The molecule has 2 aromatic carbocycles. The van der Waals surface area contributed by atoms with Crippen LogP contribution in [0.3, 0.4) is 0 Å². The Bertz CT molecular complexity index is 2150. The van der Waals surface area contributed by atoms with E-state index in [0.717, 1.165) is 38.2 Å². The van der Waals surface area contributed by atoms with Crippen LogP contribution < -0.4 is 4.74 Å². The van der Waals surface area contributed by atoms with Gasteiger partial charge < -0.3 is 14.4 Å². The molecule has 0 aliphatic carbocycles. The summed E-state index contributed by atoms with van der Waals surface area (Å²) in [6.07, 6.45) is 4.69. The van der Waals surface area contributed by atoms with E-state index in [1.165, 1.54) is 30.6 Å². The lowest BCUT2D eigenvalue weighted by molar-refractivity contribution is -0.129. The van der Waals surface area contributed by atoms with E-state index >= 15 is 4.39 Å². The second-order valence-corrected chi connectivity index (χ2v) is 11.8. The van der Waals surface area contributed by atoms with Crippen molar-refractivity contribution < 1.29 is 23.0 Å². The molecule has 0 spiro atoms. The Kier molecular flexibility index (Phi) is 7.75. The van der Waals surface area contributed by atoms with Gasteiger partial charge in [0.15, 0.2) is 0 Å². The Balaban J connectivity index is 1.50. The number of methoxy groups -OCH3 is 1. The Morgan fingerprint density at radius 1 is 1.04 bits per heavy atom. The van der Waals surface area contributed by atoms with E-state index in [1.54, 1.807) is 17.3 Å². The standard InChI is InChI=1S/C34H28F2N6O3S/c1-4-29(43)41-8-9-42-27(19(41)2)16-26(40-42)33-31(30-25(36)14-23(35)15-28(30)45-11-10-44-3)34-24(7-12-46-34)32(39-33)20-5-6-21-17-37-38-18-22(21)13-20/h4-7,12-19H,1,8-11H2,2-3H3. The molecule has 7 rings (SSSR count). The first-order valence-electron chi connectivity index (χ1n) is 14.6. The number of benzene rings is 2. The maximum Gasteiger partial charge on any atom is 0.246 e. The number of ether oxygens (including phenoxy) is 2. The summed E-state index contributed by atoms with van der Waals surface area (Å²) in [6.45, 7) is 6.81. The maximum atomic E-state index is 16.0. The first kappa shape index (κ1) is 29.6. The topological polar surface area (TPSA) is 95.3 Å². The predicted octanol–water partition coefficient (Wildman–Crippen LogP) is 6.83. The predicted molar refractivity (Wildman–Crippen MR) is 172 cm³/mol. The number of rotatable bonds is 8. The van der Waals surface area contributed by atoms with Gasteiger partial charge in [-0.2, -0.15) is 15.3 Å². The highest BCUT2D eigenvalue weighted by Crippen LogP contribution is 2.47. The van der Waals surface area contributed by atoms with Crippen LogP contribution >= 0.6 is 11.3 Å². The first-order valence-corrected chi connectivity index (χ1v) is 15.5. The van der Waals surface area contributed by atoms with E-state index in [2.05, 4.69) is 16.8 Å². The molecule has 0 fully saturated rings. The molecule has 12 heteroatoms. The number of amides is 1. The lowest BCUT2D eigenvalue weighted by atomic mass is 9.96. The van der Waals surface area contributed by atoms with Gasteiger partial charge in [0.25, 0.3) is 0 Å². The lowest BCUT2D eigenvalue weighted by Gasteiger charge is -2.33. The van der Waals surface area contributed by atoms with Crippen molar-refractivity contribution in [2.24, 2.45) is 0 Å². The minimum atomic E-state index is -0.790. The number of fused-ring (bicyclic) bond motifs is 3. The quantitative estimate of drug-likeness (QED) is 0.133. The van der Waals surface area contributed by atoms with E-state index in [4.69, 9.17) is 19.6 Å². The molecule has 1 amide bonds. The van der Waals surface area contributed by atoms with Gasteiger partial charge in [-0.1, -0.05) is 18.7 Å². The van der Waals surface area contributed by atoms with Crippen LogP contribution in [0.15, 0.2) is 72.9 Å². The summed E-state index contributed by atoms with van der Waals surface area (Å²) in [4.78, 5) is 19.5. The molecule has 5 heterocycles. The zero-order chi connectivity index (χ0) is 31.9. The monoisotopic (exact) mass is 638 g/mol. The molecule has 1 atom stereocenters. The third-order valence-corrected chi connectivity index (χ3v) is 9.13. The van der Waals surface area contributed by atoms with Crippen LogP contribution in [0.2, 0.25) is 0 Å². The molecule has 1 unspecified atom stereocenters. The van der Waals surface area contributed by atoms with Crippen molar-refractivity contribution in [3.63, 3.8) is 0 Å². The van der Waals surface area contributed by atoms with Gasteiger partial charge in [0.2, 0.25) is 5.91 Å². The van der Waals surface area contributed by atoms with Crippen molar-refractivity contribution in [1.82, 2.24) is 29.9 Å². The fourth-order valence-electron chi connectivity index (χ4n) is 5.98. The fourth-order valence-corrected chi connectivity index (χ4v) is 6.93. The van der Waals surface area contributed by atoms with Crippen molar-refractivity contribution in [3.8, 4) is 39.5 Å². The van der Waals surface area contributed by atoms with Crippen molar-refractivity contribution in [1.29, 1.82) is 0 Å². The highest BCUT2D eigenvalue weighted by atomic mass is 32.1. The fraction of sp³-hybridized carbons (Fsp3) is 0.206. The Labute approximate surface area is 266 Å². The van der Waals surface area contributed by atoms with Gasteiger partial charge in [-0.15, -0.1) is 11.3 Å². The van der Waals surface area contributed by atoms with Gasteiger partial charge in [0, 0.05) is 57.8 Å². The summed E-state index contributed by atoms with van der Waals surface area (Å²) < 4.78 is 44.3. The largest absolute Gasteiger partial charge is 0.490 e. The second-order valence-electron chi connectivity index (χ2n) is 10.9. The zero-order valence-corrected chi connectivity index (χ0v) is 25.9. The van der Waals surface area contributed by atoms with E-state index in [0.29, 0.717) is 35.7 Å². The number of pyridine rings is 1. The molecule has 6 aromatic rings. The number of carbonyl (C=O) groups excluding carboxylic acids is 1. The molecule has 0 saturated carbocycles. The Morgan fingerprint density at radius 3 is 2.67 bits per heavy atom. The number of carbonyl (C=O) groups is 1. The molecule has 9 nitrogen and oxygen atoms in total. The summed E-state index contributed by atoms with van der Waals surface area (Å²) in [5.74, 6) is -1.69. The number of hydrogen-bond donors (Lipinski definition) is 0. The van der Waals surface area contributed by atoms with Crippen LogP contribution in [0.1, 0.15) is 18.7 Å². The van der Waals surface area contributed by atoms with Gasteiger partial charge in [0.05, 0.1) is 48.5 Å². The van der Waals surface area contributed by atoms with Crippen molar-refractivity contribution in [3.05, 3.63) is 90.2 Å². The van der Waals surface area contributed by atoms with Crippen LogP contribution in [0, 0.1) is 11.6 Å². The lowest BCUT2D eigenvalue weighted by Crippen LogP contribution is -2.40. The SMILES string of the molecule is C=CC(=O)N1CCn2nc(-c3nc(-c4ccc5cnncc5c4)c4ccsc4c3-c3c(F)cc(F)cc3OCCOC)cc2C1C. The molecule has 0 bridgehead atoms. The molecule has 1 aliphatic heterocycles. The third-order valence-electron chi connectivity index (χ3n) is 8.20. The minimum Gasteiger partial charge on any atom is -0.490 e. The molecular formula is C34H28F2N6O3S.